The van der Waals surface area contributed by atoms with E-state index in [1.165, 1.54) is 0 Å². The number of rotatable bonds is 3. The molecule has 0 fully saturated rings. The van der Waals surface area contributed by atoms with Gasteiger partial charge in [0.1, 0.15) is 0 Å². The number of hydrogen-bond donors (Lipinski definition) is 3. The zero-order valence-corrected chi connectivity index (χ0v) is 10.0. The summed E-state index contributed by atoms with van der Waals surface area (Å²) < 4.78 is 0.989. The van der Waals surface area contributed by atoms with E-state index in [-0.39, 0.29) is 0 Å². The second-order valence-corrected chi connectivity index (χ2v) is 4.33. The van der Waals surface area contributed by atoms with Gasteiger partial charge in [0.25, 0.3) is 0 Å². The van der Waals surface area contributed by atoms with Gasteiger partial charge in [-0.05, 0) is 34.6 Å². The van der Waals surface area contributed by atoms with Crippen molar-refractivity contribution in [2.24, 2.45) is 0 Å². The fraction of sp³-hybridized carbons (Fsp3) is 0.273. The highest BCUT2D eigenvalue weighted by Gasteiger charge is 2.13. The van der Waals surface area contributed by atoms with Crippen molar-refractivity contribution in [2.45, 2.75) is 6.10 Å². The second-order valence-electron chi connectivity index (χ2n) is 3.48. The molecule has 1 aromatic heterocycles. The van der Waals surface area contributed by atoms with Gasteiger partial charge in [0.15, 0.2) is 0 Å². The monoisotopic (exact) mass is 268 g/mol. The van der Waals surface area contributed by atoms with E-state index in [0.29, 0.717) is 6.54 Å². The van der Waals surface area contributed by atoms with Crippen molar-refractivity contribution in [3.8, 4) is 0 Å². The number of halogens is 1. The van der Waals surface area contributed by atoms with E-state index in [0.717, 1.165) is 20.9 Å². The Kier molecular flexibility index (Phi) is 3.09. The quantitative estimate of drug-likeness (QED) is 0.799. The molecule has 0 spiro atoms. The Labute approximate surface area is 96.6 Å². The third-order valence-corrected chi connectivity index (χ3v) is 3.07. The van der Waals surface area contributed by atoms with Crippen molar-refractivity contribution in [3.63, 3.8) is 0 Å². The zero-order chi connectivity index (χ0) is 10.8. The van der Waals surface area contributed by atoms with E-state index in [4.69, 9.17) is 0 Å². The minimum atomic E-state index is -0.481. The minimum Gasteiger partial charge on any atom is -0.387 e. The SMILES string of the molecule is CNCC(O)c1cccc2[nH]cc(Br)c12. The van der Waals surface area contributed by atoms with E-state index in [1.54, 1.807) is 0 Å². The Bertz CT molecular complexity index is 467. The van der Waals surface area contributed by atoms with Gasteiger partial charge in [0.2, 0.25) is 0 Å². The van der Waals surface area contributed by atoms with E-state index < -0.39 is 6.10 Å². The van der Waals surface area contributed by atoms with Crippen molar-refractivity contribution in [2.75, 3.05) is 13.6 Å². The standard InChI is InChI=1S/C11H13BrN2O/c1-13-6-10(15)7-3-2-4-9-11(7)8(12)5-14-9/h2-5,10,13-15H,6H2,1H3. The molecule has 0 saturated carbocycles. The van der Waals surface area contributed by atoms with Gasteiger partial charge >= 0.3 is 0 Å². The topological polar surface area (TPSA) is 48.0 Å². The van der Waals surface area contributed by atoms with Crippen LogP contribution in [0.2, 0.25) is 0 Å². The molecule has 1 unspecified atom stereocenters. The Balaban J connectivity index is 2.54. The number of H-pyrrole nitrogens is 1. The summed E-state index contributed by atoms with van der Waals surface area (Å²) in [5.74, 6) is 0. The minimum absolute atomic E-state index is 0.481. The normalized spacial score (nSPS) is 13.3. The summed E-state index contributed by atoms with van der Waals surface area (Å²) >= 11 is 3.47. The van der Waals surface area contributed by atoms with Crippen LogP contribution < -0.4 is 5.32 Å². The van der Waals surface area contributed by atoms with Crippen molar-refractivity contribution in [3.05, 3.63) is 34.4 Å². The predicted octanol–water partition coefficient (Wildman–Crippen LogP) is 2.18. The molecule has 2 aromatic rings. The zero-order valence-electron chi connectivity index (χ0n) is 8.42. The number of hydrogen-bond acceptors (Lipinski definition) is 2. The molecule has 0 aliphatic carbocycles. The van der Waals surface area contributed by atoms with Crippen LogP contribution in [0.1, 0.15) is 11.7 Å². The summed E-state index contributed by atoms with van der Waals surface area (Å²) in [4.78, 5) is 3.15. The number of aliphatic hydroxyl groups is 1. The summed E-state index contributed by atoms with van der Waals surface area (Å²) in [6.07, 6.45) is 1.41. The van der Waals surface area contributed by atoms with Crippen molar-refractivity contribution in [1.82, 2.24) is 10.3 Å². The maximum absolute atomic E-state index is 9.96. The number of aromatic nitrogens is 1. The van der Waals surface area contributed by atoms with Crippen molar-refractivity contribution < 1.29 is 5.11 Å². The molecule has 3 N–H and O–H groups in total. The first kappa shape index (κ1) is 10.7. The molecular formula is C11H13BrN2O. The Hall–Kier alpha value is -0.840. The number of likely N-dealkylation sites (N-methyl/N-ethyl adjacent to an activating group) is 1. The first-order chi connectivity index (χ1) is 7.24. The van der Waals surface area contributed by atoms with E-state index in [2.05, 4.69) is 26.2 Å². The third kappa shape index (κ3) is 1.93. The molecule has 3 nitrogen and oxygen atoms in total. The highest BCUT2D eigenvalue weighted by molar-refractivity contribution is 9.10. The number of aliphatic hydroxyl groups excluding tert-OH is 1. The van der Waals surface area contributed by atoms with Gasteiger partial charge in [0, 0.05) is 28.1 Å². The van der Waals surface area contributed by atoms with Crippen LogP contribution in [-0.2, 0) is 0 Å². The molecule has 4 heteroatoms. The summed E-state index contributed by atoms with van der Waals surface area (Å²) in [5.41, 5.74) is 1.98. The molecule has 0 saturated heterocycles. The summed E-state index contributed by atoms with van der Waals surface area (Å²) in [6, 6.07) is 5.89. The summed E-state index contributed by atoms with van der Waals surface area (Å²) in [6.45, 7) is 0.552. The lowest BCUT2D eigenvalue weighted by Gasteiger charge is -2.11. The average molecular weight is 269 g/mol. The Morgan fingerprint density at radius 2 is 2.33 bits per heavy atom. The highest BCUT2D eigenvalue weighted by Crippen LogP contribution is 2.30. The molecule has 80 valence electrons. The van der Waals surface area contributed by atoms with Crippen LogP contribution in [0.15, 0.2) is 28.9 Å². The van der Waals surface area contributed by atoms with E-state index in [9.17, 15) is 5.11 Å². The van der Waals surface area contributed by atoms with E-state index in [1.807, 2.05) is 31.4 Å². The van der Waals surface area contributed by atoms with Crippen LogP contribution in [0.3, 0.4) is 0 Å². The van der Waals surface area contributed by atoms with Gasteiger partial charge in [-0.2, -0.15) is 0 Å². The lowest BCUT2D eigenvalue weighted by atomic mass is 10.0. The summed E-state index contributed by atoms with van der Waals surface area (Å²) in [5, 5.41) is 14.0. The van der Waals surface area contributed by atoms with Crippen molar-refractivity contribution in [1.29, 1.82) is 0 Å². The first-order valence-corrected chi connectivity index (χ1v) is 5.61. The maximum Gasteiger partial charge on any atom is 0.0921 e. The fourth-order valence-electron chi connectivity index (χ4n) is 1.75. The third-order valence-electron chi connectivity index (χ3n) is 2.45. The smallest absolute Gasteiger partial charge is 0.0921 e. The second kappa shape index (κ2) is 4.35. The summed E-state index contributed by atoms with van der Waals surface area (Å²) in [7, 11) is 1.83. The van der Waals surface area contributed by atoms with Gasteiger partial charge in [-0.1, -0.05) is 12.1 Å². The van der Waals surface area contributed by atoms with Gasteiger partial charge in [0.05, 0.1) is 6.10 Å². The van der Waals surface area contributed by atoms with Crippen LogP contribution in [0, 0.1) is 0 Å². The molecule has 1 aromatic carbocycles. The van der Waals surface area contributed by atoms with E-state index >= 15 is 0 Å². The Morgan fingerprint density at radius 3 is 3.07 bits per heavy atom. The van der Waals surface area contributed by atoms with Gasteiger partial charge < -0.3 is 15.4 Å². The Morgan fingerprint density at radius 1 is 1.53 bits per heavy atom. The van der Waals surface area contributed by atoms with Gasteiger partial charge in [-0.15, -0.1) is 0 Å². The molecular weight excluding hydrogens is 256 g/mol. The van der Waals surface area contributed by atoms with Crippen molar-refractivity contribution >= 4 is 26.8 Å². The molecule has 0 bridgehead atoms. The van der Waals surface area contributed by atoms with Crippen LogP contribution in [0.5, 0.6) is 0 Å². The number of nitrogens with one attached hydrogen (secondary N) is 2. The molecule has 0 aliphatic heterocycles. The van der Waals surface area contributed by atoms with Gasteiger partial charge in [-0.25, -0.2) is 0 Å². The largest absolute Gasteiger partial charge is 0.387 e. The fourth-order valence-corrected chi connectivity index (χ4v) is 2.31. The van der Waals surface area contributed by atoms with Crippen LogP contribution in [0.4, 0.5) is 0 Å². The number of fused-ring (bicyclic) bond motifs is 1. The molecule has 1 heterocycles. The van der Waals surface area contributed by atoms with Crippen LogP contribution in [0.25, 0.3) is 10.9 Å². The predicted molar refractivity (Wildman–Crippen MR) is 64.9 cm³/mol. The molecule has 0 amide bonds. The molecule has 2 rings (SSSR count). The van der Waals surface area contributed by atoms with Crippen LogP contribution >= 0.6 is 15.9 Å². The molecule has 0 radical (unpaired) electrons. The highest BCUT2D eigenvalue weighted by atomic mass is 79.9. The maximum atomic E-state index is 9.96. The van der Waals surface area contributed by atoms with Gasteiger partial charge in [-0.3, -0.25) is 0 Å². The molecule has 15 heavy (non-hydrogen) atoms. The lowest BCUT2D eigenvalue weighted by molar-refractivity contribution is 0.179. The molecule has 1 atom stereocenters. The van der Waals surface area contributed by atoms with Crippen LogP contribution in [-0.4, -0.2) is 23.7 Å². The average Bonchev–Trinajstić information content (AvgIpc) is 2.61. The lowest BCUT2D eigenvalue weighted by Crippen LogP contribution is -2.16. The number of aromatic amines is 1. The number of benzene rings is 1. The molecule has 0 aliphatic rings. The first-order valence-electron chi connectivity index (χ1n) is 4.82.